The van der Waals surface area contributed by atoms with Gasteiger partial charge in [0.2, 0.25) is 33.7 Å². The molecule has 1 unspecified atom stereocenters. The molecule has 2 aliphatic rings. The van der Waals surface area contributed by atoms with E-state index >= 15 is 0 Å². The van der Waals surface area contributed by atoms with Crippen LogP contribution in [0, 0.1) is 5.92 Å². The molecule has 1 aromatic heterocycles. The fourth-order valence-corrected chi connectivity index (χ4v) is 7.34. The molecule has 0 aliphatic carbocycles. The molecule has 4 amide bonds. The number of unbranched alkanes of at least 4 members (excludes halogenated alkanes) is 2. The van der Waals surface area contributed by atoms with Crippen molar-refractivity contribution in [1.82, 2.24) is 24.8 Å². The zero-order valence-corrected chi connectivity index (χ0v) is 28.7. The maximum Gasteiger partial charge on any atom is 0.246 e. The van der Waals surface area contributed by atoms with E-state index in [1.54, 1.807) is 29.2 Å². The minimum absolute atomic E-state index is 0.0475. The Balaban J connectivity index is 1.70. The van der Waals surface area contributed by atoms with E-state index < -0.39 is 51.9 Å². The lowest BCUT2D eigenvalue weighted by Gasteiger charge is -2.39. The highest BCUT2D eigenvalue weighted by Gasteiger charge is 2.41. The Hall–Kier alpha value is -3.74. The van der Waals surface area contributed by atoms with E-state index in [4.69, 9.17) is 0 Å². The smallest absolute Gasteiger partial charge is 0.246 e. The van der Waals surface area contributed by atoms with Gasteiger partial charge in [-0.05, 0) is 49.7 Å². The van der Waals surface area contributed by atoms with E-state index in [-0.39, 0.29) is 30.4 Å². The number of nitrogens with zero attached hydrogens (tertiary/aromatic N) is 2. The molecule has 2 saturated heterocycles. The number of rotatable bonds is 12. The molecule has 0 saturated carbocycles. The molecule has 2 fully saturated rings. The Kier molecular flexibility index (Phi) is 12.2. The van der Waals surface area contributed by atoms with Gasteiger partial charge in [-0.2, -0.15) is 0 Å². The summed E-state index contributed by atoms with van der Waals surface area (Å²) in [7, 11) is -3.68. The van der Waals surface area contributed by atoms with Crippen molar-refractivity contribution in [1.29, 1.82) is 0 Å². The molecule has 5 atom stereocenters. The number of carbonyl (C=O) groups is 5. The molecule has 0 radical (unpaired) electrons. The Morgan fingerprint density at radius 1 is 0.936 bits per heavy atom. The fraction of sp³-hybridized carbons (Fsp3) is 0.618. The number of benzene rings is 1. The van der Waals surface area contributed by atoms with Gasteiger partial charge < -0.3 is 20.9 Å². The second-order valence-electron chi connectivity index (χ2n) is 13.0. The van der Waals surface area contributed by atoms with Gasteiger partial charge in [-0.1, -0.05) is 58.2 Å². The van der Waals surface area contributed by atoms with Gasteiger partial charge in [0.15, 0.2) is 0 Å². The van der Waals surface area contributed by atoms with Crippen LogP contribution in [-0.4, -0.2) is 83.7 Å². The first-order chi connectivity index (χ1) is 22.3. The predicted octanol–water partition coefficient (Wildman–Crippen LogP) is 2.82. The SMILES string of the molecule is CCC(=O)CCCCC[C@H]1NC(=O)[C@H]2CCCCN2C(=O)[C@@H](C(C)CC)NC(=O)[C@@H](Cc2cn(S(C)(=O)=O)c3ccccc23)NC1=O. The molecule has 2 aromatic rings. The van der Waals surface area contributed by atoms with Crippen LogP contribution in [0.25, 0.3) is 10.9 Å². The van der Waals surface area contributed by atoms with E-state index in [0.717, 1.165) is 23.1 Å². The largest absolute Gasteiger partial charge is 0.343 e. The van der Waals surface area contributed by atoms with Gasteiger partial charge in [-0.3, -0.25) is 24.0 Å². The molecule has 47 heavy (non-hydrogen) atoms. The minimum Gasteiger partial charge on any atom is -0.343 e. The number of nitrogens with one attached hydrogen (secondary N) is 3. The number of aromatic nitrogens is 1. The third-order valence-corrected chi connectivity index (χ3v) is 10.5. The Morgan fingerprint density at radius 3 is 2.34 bits per heavy atom. The molecule has 13 heteroatoms. The van der Waals surface area contributed by atoms with Crippen molar-refractivity contribution in [2.24, 2.45) is 5.92 Å². The predicted molar refractivity (Wildman–Crippen MR) is 179 cm³/mol. The van der Waals surface area contributed by atoms with Crippen LogP contribution in [0.5, 0.6) is 0 Å². The Bertz CT molecular complexity index is 1590. The van der Waals surface area contributed by atoms with Crippen LogP contribution < -0.4 is 16.0 Å². The van der Waals surface area contributed by atoms with E-state index in [1.165, 1.54) is 6.20 Å². The number of hydrogen-bond donors (Lipinski definition) is 3. The minimum atomic E-state index is -3.68. The van der Waals surface area contributed by atoms with Crippen molar-refractivity contribution >= 4 is 50.3 Å². The maximum absolute atomic E-state index is 14.1. The molecular weight excluding hydrogens is 622 g/mol. The standard InChI is InChI=1S/C34H49N5O7S/c1-5-22(3)30-34(44)38-19-13-12-18-29(38)33(43)35-26(16-9-7-8-14-24(40)6-2)31(41)36-27(32(42)37-30)20-23-21-39(47(4,45)46)28-17-11-10-15-25(23)28/h10-11,15,17,21-22,26-27,29-30H,5-9,12-14,16,18-20H2,1-4H3,(H,35,43)(H,36,41)(H,37,42)/t22?,26-,27-,29-,30-/m1/s1. The quantitative estimate of drug-likeness (QED) is 0.292. The summed E-state index contributed by atoms with van der Waals surface area (Å²) < 4.78 is 26.4. The molecule has 3 heterocycles. The van der Waals surface area contributed by atoms with Crippen LogP contribution in [0.15, 0.2) is 30.5 Å². The number of para-hydroxylation sites is 1. The van der Waals surface area contributed by atoms with Gasteiger partial charge in [-0.15, -0.1) is 0 Å². The number of fused-ring (bicyclic) bond motifs is 2. The van der Waals surface area contributed by atoms with E-state index in [1.807, 2.05) is 20.8 Å². The van der Waals surface area contributed by atoms with Crippen molar-refractivity contribution in [3.8, 4) is 0 Å². The lowest BCUT2D eigenvalue weighted by molar-refractivity contribution is -0.147. The van der Waals surface area contributed by atoms with E-state index in [2.05, 4.69) is 16.0 Å². The normalized spacial score (nSPS) is 23.6. The summed E-state index contributed by atoms with van der Waals surface area (Å²) in [5, 5.41) is 9.28. The third kappa shape index (κ3) is 8.79. The number of carbonyl (C=O) groups excluding carboxylic acids is 5. The first-order valence-electron chi connectivity index (χ1n) is 16.9. The van der Waals surface area contributed by atoms with Gasteiger partial charge in [0.1, 0.15) is 30.0 Å². The number of piperidine rings is 1. The first-order valence-corrected chi connectivity index (χ1v) is 18.7. The number of ketones is 1. The van der Waals surface area contributed by atoms with Crippen LogP contribution in [0.2, 0.25) is 0 Å². The molecule has 12 nitrogen and oxygen atoms in total. The van der Waals surface area contributed by atoms with Gasteiger partial charge in [0.05, 0.1) is 11.8 Å². The van der Waals surface area contributed by atoms with Crippen molar-refractivity contribution in [2.45, 2.75) is 116 Å². The zero-order chi connectivity index (χ0) is 34.3. The topological polar surface area (TPSA) is 164 Å². The fourth-order valence-electron chi connectivity index (χ4n) is 6.50. The summed E-state index contributed by atoms with van der Waals surface area (Å²) in [6.07, 6.45) is 8.18. The van der Waals surface area contributed by atoms with Gasteiger partial charge in [0, 0.05) is 37.4 Å². The van der Waals surface area contributed by atoms with Crippen LogP contribution >= 0.6 is 0 Å². The lowest BCUT2D eigenvalue weighted by Crippen LogP contribution is -2.64. The van der Waals surface area contributed by atoms with E-state index in [0.29, 0.717) is 68.0 Å². The van der Waals surface area contributed by atoms with Gasteiger partial charge in [-0.25, -0.2) is 12.4 Å². The summed E-state index contributed by atoms with van der Waals surface area (Å²) in [4.78, 5) is 69.1. The van der Waals surface area contributed by atoms with Crippen LogP contribution in [0.1, 0.15) is 90.5 Å². The molecule has 4 rings (SSSR count). The average Bonchev–Trinajstić information content (AvgIpc) is 3.43. The molecular formula is C34H49N5O7S. The molecule has 258 valence electrons. The second kappa shape index (κ2) is 15.9. The first kappa shape index (κ1) is 36.1. The van der Waals surface area contributed by atoms with Crippen molar-refractivity contribution in [3.05, 3.63) is 36.0 Å². The van der Waals surface area contributed by atoms with Crippen molar-refractivity contribution in [2.75, 3.05) is 12.8 Å². The summed E-state index contributed by atoms with van der Waals surface area (Å²) >= 11 is 0. The average molecular weight is 672 g/mol. The summed E-state index contributed by atoms with van der Waals surface area (Å²) in [5.41, 5.74) is 0.975. The van der Waals surface area contributed by atoms with Crippen molar-refractivity contribution in [3.63, 3.8) is 0 Å². The third-order valence-electron chi connectivity index (χ3n) is 9.52. The van der Waals surface area contributed by atoms with E-state index in [9.17, 15) is 32.4 Å². The highest BCUT2D eigenvalue weighted by Crippen LogP contribution is 2.26. The highest BCUT2D eigenvalue weighted by molar-refractivity contribution is 7.89. The molecule has 3 N–H and O–H groups in total. The molecule has 1 aromatic carbocycles. The van der Waals surface area contributed by atoms with Crippen molar-refractivity contribution < 1.29 is 32.4 Å². The number of hydrogen-bond acceptors (Lipinski definition) is 7. The van der Waals surface area contributed by atoms with Gasteiger partial charge in [0.25, 0.3) is 0 Å². The van der Waals surface area contributed by atoms with Crippen LogP contribution in [-0.2, 0) is 40.4 Å². The second-order valence-corrected chi connectivity index (χ2v) is 14.8. The van der Waals surface area contributed by atoms with Gasteiger partial charge >= 0.3 is 0 Å². The van der Waals surface area contributed by atoms with Crippen LogP contribution in [0.3, 0.4) is 0 Å². The number of amides is 4. The summed E-state index contributed by atoms with van der Waals surface area (Å²) in [5.74, 6) is -1.91. The zero-order valence-electron chi connectivity index (χ0n) is 27.9. The molecule has 2 aliphatic heterocycles. The lowest BCUT2D eigenvalue weighted by atomic mass is 9.93. The number of Topliss-reactive ketones (excluding diaryl/α,β-unsaturated/α-hetero) is 1. The summed E-state index contributed by atoms with van der Waals surface area (Å²) in [6, 6.07) is 3.11. The Labute approximate surface area is 277 Å². The molecule has 0 spiro atoms. The Morgan fingerprint density at radius 2 is 1.64 bits per heavy atom. The maximum atomic E-state index is 14.1. The molecule has 0 bridgehead atoms. The van der Waals surface area contributed by atoms with Crippen LogP contribution in [0.4, 0.5) is 0 Å². The monoisotopic (exact) mass is 671 g/mol. The highest BCUT2D eigenvalue weighted by atomic mass is 32.2. The summed E-state index contributed by atoms with van der Waals surface area (Å²) in [6.45, 7) is 5.98.